The third-order valence-corrected chi connectivity index (χ3v) is 3.99. The van der Waals surface area contributed by atoms with Gasteiger partial charge in [0, 0.05) is 35.2 Å². The van der Waals surface area contributed by atoms with Crippen LogP contribution in [0.5, 0.6) is 0 Å². The molecule has 1 N–H and O–H groups in total. The molecule has 1 heterocycles. The van der Waals surface area contributed by atoms with Gasteiger partial charge < -0.3 is 19.2 Å². The molecule has 6 nitrogen and oxygen atoms in total. The van der Waals surface area contributed by atoms with Crippen LogP contribution in [0, 0.1) is 0 Å². The van der Waals surface area contributed by atoms with E-state index in [0.717, 1.165) is 17.1 Å². The van der Waals surface area contributed by atoms with Crippen LogP contribution in [0.2, 0.25) is 0 Å². The molecule has 6 heteroatoms. The largest absolute Gasteiger partial charge is 0.465 e. The highest BCUT2D eigenvalue weighted by Crippen LogP contribution is 2.34. The second kappa shape index (κ2) is 6.94. The number of ether oxygens (including phenoxy) is 2. The Morgan fingerprint density at radius 2 is 1.96 bits per heavy atom. The van der Waals surface area contributed by atoms with Crippen molar-refractivity contribution in [2.75, 3.05) is 26.1 Å². The number of methoxy groups -OCH3 is 2. The van der Waals surface area contributed by atoms with Crippen molar-refractivity contribution in [2.45, 2.75) is 13.0 Å². The van der Waals surface area contributed by atoms with Gasteiger partial charge in [0.1, 0.15) is 17.5 Å². The van der Waals surface area contributed by atoms with Gasteiger partial charge in [-0.05, 0) is 37.3 Å². The quantitative estimate of drug-likeness (QED) is 0.545. The minimum Gasteiger partial charge on any atom is -0.465 e. The number of carbonyl (C=O) groups excluding carboxylic acids is 2. The van der Waals surface area contributed by atoms with E-state index in [-0.39, 0.29) is 6.04 Å². The first-order valence-electron chi connectivity index (χ1n) is 7.86. The van der Waals surface area contributed by atoms with Gasteiger partial charge in [-0.1, -0.05) is 0 Å². The molecule has 1 aromatic heterocycles. The average molecular weight is 341 g/mol. The van der Waals surface area contributed by atoms with Gasteiger partial charge in [0.15, 0.2) is 0 Å². The minimum atomic E-state index is -0.456. The minimum absolute atomic E-state index is 0.00504. The van der Waals surface area contributed by atoms with Gasteiger partial charge in [0.2, 0.25) is 0 Å². The number of esters is 1. The number of hydrogen-bond acceptors (Lipinski definition) is 6. The number of anilines is 1. The van der Waals surface area contributed by atoms with Gasteiger partial charge in [-0.3, -0.25) is 4.79 Å². The highest BCUT2D eigenvalue weighted by atomic mass is 16.5. The van der Waals surface area contributed by atoms with E-state index in [1.54, 1.807) is 31.4 Å². The standard InChI is InChI=1S/C19H19NO5/c1-11(10-23-2)20-16-7-14-13-6-12(9-21)4-5-17(13)25-18(14)8-15(16)19(22)24-3/h4-9,11,20H,10H2,1-3H3/t11-/m0/s1. The fraction of sp³-hybridized carbons (Fsp3) is 0.263. The van der Waals surface area contributed by atoms with Crippen LogP contribution in [-0.2, 0) is 9.47 Å². The fourth-order valence-corrected chi connectivity index (χ4v) is 2.87. The van der Waals surface area contributed by atoms with Crippen LogP contribution >= 0.6 is 0 Å². The Hall–Kier alpha value is -2.86. The monoisotopic (exact) mass is 341 g/mol. The molecule has 0 saturated heterocycles. The Morgan fingerprint density at radius 3 is 2.64 bits per heavy atom. The summed E-state index contributed by atoms with van der Waals surface area (Å²) in [6, 6.07) is 8.71. The van der Waals surface area contributed by atoms with E-state index in [4.69, 9.17) is 13.9 Å². The van der Waals surface area contributed by atoms with Crippen LogP contribution in [-0.4, -0.2) is 39.1 Å². The topological polar surface area (TPSA) is 77.8 Å². The molecule has 0 aliphatic heterocycles. The molecule has 0 unspecified atom stereocenters. The number of furan rings is 1. The Morgan fingerprint density at radius 1 is 1.20 bits per heavy atom. The number of carbonyl (C=O) groups is 2. The van der Waals surface area contributed by atoms with E-state index in [0.29, 0.717) is 34.6 Å². The van der Waals surface area contributed by atoms with Gasteiger partial charge in [-0.25, -0.2) is 4.79 Å². The first-order valence-corrected chi connectivity index (χ1v) is 7.86. The molecule has 0 aliphatic rings. The molecule has 0 radical (unpaired) electrons. The zero-order valence-electron chi connectivity index (χ0n) is 14.3. The van der Waals surface area contributed by atoms with Crippen molar-refractivity contribution in [3.8, 4) is 0 Å². The Kier molecular flexibility index (Phi) is 4.72. The first-order chi connectivity index (χ1) is 12.1. The number of benzene rings is 2. The van der Waals surface area contributed by atoms with Crippen LogP contribution in [0.3, 0.4) is 0 Å². The lowest BCUT2D eigenvalue weighted by Crippen LogP contribution is -2.22. The van der Waals surface area contributed by atoms with E-state index in [9.17, 15) is 9.59 Å². The molecule has 0 bridgehead atoms. The van der Waals surface area contributed by atoms with Gasteiger partial charge in [0.05, 0.1) is 19.3 Å². The molecule has 3 rings (SSSR count). The van der Waals surface area contributed by atoms with Crippen molar-refractivity contribution in [1.82, 2.24) is 0 Å². The van der Waals surface area contributed by atoms with Crippen molar-refractivity contribution in [1.29, 1.82) is 0 Å². The predicted molar refractivity (Wildman–Crippen MR) is 95.4 cm³/mol. The molecule has 2 aromatic carbocycles. The number of fused-ring (bicyclic) bond motifs is 3. The second-order valence-electron chi connectivity index (χ2n) is 5.86. The van der Waals surface area contributed by atoms with Gasteiger partial charge >= 0.3 is 5.97 Å². The van der Waals surface area contributed by atoms with Crippen molar-refractivity contribution >= 4 is 39.9 Å². The van der Waals surface area contributed by atoms with Crippen molar-refractivity contribution in [3.05, 3.63) is 41.5 Å². The molecule has 0 aliphatic carbocycles. The Bertz CT molecular complexity index is 944. The van der Waals surface area contributed by atoms with Gasteiger partial charge in [-0.15, -0.1) is 0 Å². The summed E-state index contributed by atoms with van der Waals surface area (Å²) in [5.74, 6) is -0.456. The van der Waals surface area contributed by atoms with E-state index in [1.807, 2.05) is 13.0 Å². The summed E-state index contributed by atoms with van der Waals surface area (Å²) in [5, 5.41) is 4.90. The first kappa shape index (κ1) is 17.0. The molecule has 1 atom stereocenters. The van der Waals surface area contributed by atoms with E-state index in [2.05, 4.69) is 5.32 Å². The molecule has 0 fully saturated rings. The predicted octanol–water partition coefficient (Wildman–Crippen LogP) is 3.63. The summed E-state index contributed by atoms with van der Waals surface area (Å²) in [6.45, 7) is 2.44. The molecule has 0 spiro atoms. The third kappa shape index (κ3) is 3.21. The van der Waals surface area contributed by atoms with Gasteiger partial charge in [0.25, 0.3) is 0 Å². The molecule has 0 saturated carbocycles. The molecule has 3 aromatic rings. The van der Waals surface area contributed by atoms with Crippen molar-refractivity contribution in [2.24, 2.45) is 0 Å². The number of aldehydes is 1. The summed E-state index contributed by atoms with van der Waals surface area (Å²) < 4.78 is 15.8. The maximum Gasteiger partial charge on any atom is 0.340 e. The lowest BCUT2D eigenvalue weighted by Gasteiger charge is -2.16. The summed E-state index contributed by atoms with van der Waals surface area (Å²) in [6.07, 6.45) is 0.793. The van der Waals surface area contributed by atoms with Crippen molar-refractivity contribution in [3.63, 3.8) is 0 Å². The lowest BCUT2D eigenvalue weighted by molar-refractivity contribution is 0.0601. The smallest absolute Gasteiger partial charge is 0.340 e. The molecular weight excluding hydrogens is 322 g/mol. The summed E-state index contributed by atoms with van der Waals surface area (Å²) in [7, 11) is 2.96. The number of nitrogens with one attached hydrogen (secondary N) is 1. The molecule has 25 heavy (non-hydrogen) atoms. The van der Waals surface area contributed by atoms with Crippen molar-refractivity contribution < 1.29 is 23.5 Å². The van der Waals surface area contributed by atoms with Crippen LogP contribution in [0.15, 0.2) is 34.7 Å². The Balaban J connectivity index is 2.20. The molecule has 0 amide bonds. The van der Waals surface area contributed by atoms with E-state index >= 15 is 0 Å². The second-order valence-corrected chi connectivity index (χ2v) is 5.86. The maximum atomic E-state index is 12.2. The summed E-state index contributed by atoms with van der Waals surface area (Å²) in [5.41, 5.74) is 2.78. The lowest BCUT2D eigenvalue weighted by atomic mass is 10.1. The van der Waals surface area contributed by atoms with Gasteiger partial charge in [-0.2, -0.15) is 0 Å². The van der Waals surface area contributed by atoms with Crippen LogP contribution in [0.1, 0.15) is 27.6 Å². The van der Waals surface area contributed by atoms with Crippen LogP contribution in [0.4, 0.5) is 5.69 Å². The van der Waals surface area contributed by atoms with Crippen LogP contribution in [0.25, 0.3) is 21.9 Å². The summed E-state index contributed by atoms with van der Waals surface area (Å²) in [4.78, 5) is 23.2. The van der Waals surface area contributed by atoms with E-state index in [1.165, 1.54) is 7.11 Å². The Labute approximate surface area is 144 Å². The molecular formula is C19H19NO5. The average Bonchev–Trinajstić information content (AvgIpc) is 2.97. The normalized spacial score (nSPS) is 12.3. The summed E-state index contributed by atoms with van der Waals surface area (Å²) >= 11 is 0. The maximum absolute atomic E-state index is 12.2. The van der Waals surface area contributed by atoms with E-state index < -0.39 is 5.97 Å². The highest BCUT2D eigenvalue weighted by Gasteiger charge is 2.18. The van der Waals surface area contributed by atoms with Crippen LogP contribution < -0.4 is 5.32 Å². The highest BCUT2D eigenvalue weighted by molar-refractivity contribution is 6.10. The third-order valence-electron chi connectivity index (χ3n) is 3.99. The number of rotatable bonds is 6. The SMILES string of the molecule is COC[C@H](C)Nc1cc2c(cc1C(=O)OC)oc1ccc(C=O)cc12. The fourth-order valence-electron chi connectivity index (χ4n) is 2.87. The zero-order chi connectivity index (χ0) is 18.0. The number of hydrogen-bond donors (Lipinski definition) is 1. The molecule has 130 valence electrons. The zero-order valence-corrected chi connectivity index (χ0v) is 14.3.